The van der Waals surface area contributed by atoms with Crippen LogP contribution in [-0.2, 0) is 0 Å². The minimum absolute atomic E-state index is 0.317. The van der Waals surface area contributed by atoms with Crippen molar-refractivity contribution in [3.8, 4) is 11.3 Å². The molecule has 2 heteroatoms. The quantitative estimate of drug-likeness (QED) is 0.583. The Hall–Kier alpha value is -2.09. The van der Waals surface area contributed by atoms with Gasteiger partial charge in [-0.2, -0.15) is 0 Å². The predicted molar refractivity (Wildman–Crippen MR) is 60.6 cm³/mol. The molecule has 0 saturated heterocycles. The maximum absolute atomic E-state index is 7.90. The molecule has 0 aliphatic carbocycles. The van der Waals surface area contributed by atoms with E-state index in [2.05, 4.69) is 4.98 Å². The molecular formula is C13H10N2. The minimum Gasteiger partial charge on any atom is -0.300 e. The van der Waals surface area contributed by atoms with E-state index in [0.29, 0.717) is 6.17 Å². The van der Waals surface area contributed by atoms with E-state index < -0.39 is 0 Å². The third kappa shape index (κ3) is 1.31. The second-order valence-electron chi connectivity index (χ2n) is 3.37. The van der Waals surface area contributed by atoms with Gasteiger partial charge < -0.3 is 0 Å². The topological polar surface area (TPSA) is 17.3 Å². The third-order valence-electron chi connectivity index (χ3n) is 2.40. The van der Waals surface area contributed by atoms with E-state index in [0.717, 1.165) is 16.9 Å². The average molecular weight is 195 g/mol. The molecule has 72 valence electrons. The average Bonchev–Trinajstić information content (AvgIpc) is 2.66. The van der Waals surface area contributed by atoms with Crippen LogP contribution in [0.2, 0.25) is 0 Å². The van der Waals surface area contributed by atoms with Gasteiger partial charge in [-0.25, -0.2) is 4.98 Å². The lowest BCUT2D eigenvalue weighted by molar-refractivity contribution is 1.19. The summed E-state index contributed by atoms with van der Waals surface area (Å²) in [7, 11) is 0. The molecule has 0 aliphatic heterocycles. The van der Waals surface area contributed by atoms with Gasteiger partial charge in [-0.15, -0.1) is 0 Å². The molecule has 0 bridgehead atoms. The molecular weight excluding hydrogens is 184 g/mol. The fraction of sp³-hybridized carbons (Fsp3) is 0. The molecule has 1 aromatic carbocycles. The maximum Gasteiger partial charge on any atom is 0.137 e. The first-order valence-corrected chi connectivity index (χ1v) is 4.85. The predicted octanol–water partition coefficient (Wildman–Crippen LogP) is 3.00. The number of hydrogen-bond acceptors (Lipinski definition) is 1. The number of nitrogens with zero attached hydrogens (tertiary/aromatic N) is 2. The largest absolute Gasteiger partial charge is 0.300 e. The molecule has 0 aliphatic rings. The molecule has 2 aromatic heterocycles. The van der Waals surface area contributed by atoms with E-state index in [1.54, 1.807) is 0 Å². The highest BCUT2D eigenvalue weighted by Gasteiger charge is 2.03. The number of imidazole rings is 1. The molecule has 2 heterocycles. The Morgan fingerprint density at radius 1 is 1.00 bits per heavy atom. The van der Waals surface area contributed by atoms with Gasteiger partial charge in [-0.3, -0.25) is 4.40 Å². The summed E-state index contributed by atoms with van der Waals surface area (Å²) >= 11 is 0. The van der Waals surface area contributed by atoms with Gasteiger partial charge in [0.1, 0.15) is 5.65 Å². The highest BCUT2D eigenvalue weighted by molar-refractivity contribution is 5.63. The lowest BCUT2D eigenvalue weighted by Gasteiger charge is -2.00. The smallest absolute Gasteiger partial charge is 0.137 e. The van der Waals surface area contributed by atoms with Gasteiger partial charge in [0.05, 0.1) is 13.2 Å². The molecule has 0 radical (unpaired) electrons. The Bertz CT molecular complexity index is 629. The van der Waals surface area contributed by atoms with Crippen LogP contribution in [0.5, 0.6) is 0 Å². The van der Waals surface area contributed by atoms with Crippen LogP contribution in [0.15, 0.2) is 60.9 Å². The van der Waals surface area contributed by atoms with Crippen molar-refractivity contribution >= 4 is 5.65 Å². The molecule has 15 heavy (non-hydrogen) atoms. The summed E-state index contributed by atoms with van der Waals surface area (Å²) in [5.41, 5.74) is 2.67. The summed E-state index contributed by atoms with van der Waals surface area (Å²) in [6.07, 6.45) is 2.25. The number of pyridine rings is 1. The Labute approximate surface area is 89.2 Å². The van der Waals surface area contributed by atoms with Crippen LogP contribution in [0.3, 0.4) is 0 Å². The molecule has 0 atom stereocenters. The van der Waals surface area contributed by atoms with Crippen molar-refractivity contribution in [2.75, 3.05) is 0 Å². The zero-order valence-electron chi connectivity index (χ0n) is 9.09. The number of benzene rings is 1. The van der Waals surface area contributed by atoms with Gasteiger partial charge in [0.15, 0.2) is 0 Å². The summed E-state index contributed by atoms with van der Waals surface area (Å²) < 4.78 is 9.85. The Morgan fingerprint density at radius 3 is 2.67 bits per heavy atom. The summed E-state index contributed by atoms with van der Waals surface area (Å²) in [6, 6.07) is 15.7. The second-order valence-corrected chi connectivity index (χ2v) is 3.37. The van der Waals surface area contributed by atoms with Gasteiger partial charge >= 0.3 is 0 Å². The van der Waals surface area contributed by atoms with Crippen LogP contribution in [0, 0.1) is 0 Å². The van der Waals surface area contributed by atoms with Crippen molar-refractivity contribution in [3.05, 3.63) is 60.9 Å². The van der Waals surface area contributed by atoms with Gasteiger partial charge in [-0.05, 0) is 12.1 Å². The first kappa shape index (κ1) is 7.23. The lowest BCUT2D eigenvalue weighted by Crippen LogP contribution is -1.86. The normalized spacial score (nSPS) is 11.6. The number of hydrogen-bond donors (Lipinski definition) is 0. The van der Waals surface area contributed by atoms with Crippen molar-refractivity contribution in [1.82, 2.24) is 9.38 Å². The van der Waals surface area contributed by atoms with Gasteiger partial charge in [0, 0.05) is 11.8 Å². The summed E-state index contributed by atoms with van der Waals surface area (Å²) in [6.45, 7) is 0. The fourth-order valence-electron chi connectivity index (χ4n) is 1.68. The Morgan fingerprint density at radius 2 is 1.80 bits per heavy atom. The van der Waals surface area contributed by atoms with Crippen molar-refractivity contribution < 1.29 is 1.37 Å². The van der Waals surface area contributed by atoms with E-state index >= 15 is 0 Å². The minimum atomic E-state index is 0.317. The zero-order chi connectivity index (χ0) is 11.0. The molecule has 2 nitrogen and oxygen atoms in total. The summed E-state index contributed by atoms with van der Waals surface area (Å²) in [5, 5.41) is 0. The van der Waals surface area contributed by atoms with Crippen LogP contribution in [-0.4, -0.2) is 9.38 Å². The first-order valence-electron chi connectivity index (χ1n) is 5.35. The molecule has 0 spiro atoms. The molecule has 0 amide bonds. The Balaban J connectivity index is 2.35. The van der Waals surface area contributed by atoms with Crippen LogP contribution >= 0.6 is 0 Å². The highest BCUT2D eigenvalue weighted by atomic mass is 15.0. The standard InChI is InChI=1S/C13H10N2/c1-2-6-11(7-3-1)12-10-14-13-8-4-5-9-15(12)13/h1-10H/i10D. The van der Waals surface area contributed by atoms with E-state index in [9.17, 15) is 0 Å². The number of fused-ring (bicyclic) bond motifs is 1. The fourth-order valence-corrected chi connectivity index (χ4v) is 1.68. The summed E-state index contributed by atoms with van der Waals surface area (Å²) in [4.78, 5) is 4.22. The van der Waals surface area contributed by atoms with Crippen LogP contribution in [0.1, 0.15) is 1.37 Å². The van der Waals surface area contributed by atoms with Crippen LogP contribution in [0.4, 0.5) is 0 Å². The van der Waals surface area contributed by atoms with Crippen molar-refractivity contribution in [2.45, 2.75) is 0 Å². The van der Waals surface area contributed by atoms with Gasteiger partial charge in [0.2, 0.25) is 0 Å². The second kappa shape index (κ2) is 3.24. The third-order valence-corrected chi connectivity index (χ3v) is 2.40. The number of rotatable bonds is 1. The molecule has 3 aromatic rings. The number of aromatic nitrogens is 2. The highest BCUT2D eigenvalue weighted by Crippen LogP contribution is 2.19. The van der Waals surface area contributed by atoms with E-state index in [1.807, 2.05) is 59.1 Å². The lowest BCUT2D eigenvalue weighted by atomic mass is 10.2. The van der Waals surface area contributed by atoms with Gasteiger partial charge in [0.25, 0.3) is 0 Å². The monoisotopic (exact) mass is 195 g/mol. The summed E-state index contributed by atoms with van der Waals surface area (Å²) in [5.74, 6) is 0. The van der Waals surface area contributed by atoms with Gasteiger partial charge in [-0.1, -0.05) is 36.4 Å². The van der Waals surface area contributed by atoms with Crippen molar-refractivity contribution in [3.63, 3.8) is 0 Å². The molecule has 0 saturated carbocycles. The zero-order valence-corrected chi connectivity index (χ0v) is 8.09. The molecule has 0 fully saturated rings. The van der Waals surface area contributed by atoms with E-state index in [4.69, 9.17) is 1.37 Å². The van der Waals surface area contributed by atoms with E-state index in [-0.39, 0.29) is 0 Å². The molecule has 0 N–H and O–H groups in total. The van der Waals surface area contributed by atoms with E-state index in [1.165, 1.54) is 0 Å². The molecule has 3 rings (SSSR count). The van der Waals surface area contributed by atoms with Crippen molar-refractivity contribution in [1.29, 1.82) is 0 Å². The van der Waals surface area contributed by atoms with Crippen molar-refractivity contribution in [2.24, 2.45) is 0 Å². The first-order chi connectivity index (χ1) is 7.86. The van der Waals surface area contributed by atoms with Crippen LogP contribution in [0.25, 0.3) is 16.9 Å². The molecule has 0 unspecified atom stereocenters. The maximum atomic E-state index is 7.90. The Kier molecular flexibility index (Phi) is 1.56. The SMILES string of the molecule is [2H]c1nc2ccccn2c1-c1ccccc1. The van der Waals surface area contributed by atoms with Crippen LogP contribution < -0.4 is 0 Å².